The number of nitrogens with one attached hydrogen (secondary N) is 1. The first-order chi connectivity index (χ1) is 7.07. The smallest absolute Gasteiger partial charge is 0.0972 e. The Bertz CT molecular complexity index is 320. The number of hydrogen-bond donors (Lipinski definition) is 3. The molecule has 0 radical (unpaired) electrons. The van der Waals surface area contributed by atoms with E-state index in [1.807, 2.05) is 6.20 Å². The van der Waals surface area contributed by atoms with Gasteiger partial charge in [-0.3, -0.25) is 0 Å². The Morgan fingerprint density at radius 2 is 2.47 bits per heavy atom. The highest BCUT2D eigenvalue weighted by Crippen LogP contribution is 2.01. The summed E-state index contributed by atoms with van der Waals surface area (Å²) in [5.41, 5.74) is -0.0716. The highest BCUT2D eigenvalue weighted by molar-refractivity contribution is 5.17. The topological polar surface area (TPSA) is 70.3 Å². The van der Waals surface area contributed by atoms with E-state index >= 15 is 0 Å². The minimum atomic E-state index is -1.07. The molecule has 0 bridgehead atoms. The van der Waals surface area contributed by atoms with Gasteiger partial charge in [0.15, 0.2) is 0 Å². The summed E-state index contributed by atoms with van der Waals surface area (Å²) in [6, 6.07) is 0. The molecular formula is C10H17N3O2. The summed E-state index contributed by atoms with van der Waals surface area (Å²) in [7, 11) is 0. The summed E-state index contributed by atoms with van der Waals surface area (Å²) in [5.74, 6) is 0. The van der Waals surface area contributed by atoms with Gasteiger partial charge in [0.25, 0.3) is 0 Å². The largest absolute Gasteiger partial charge is 0.393 e. The average Bonchev–Trinajstić information content (AvgIpc) is 2.66. The lowest BCUT2D eigenvalue weighted by Crippen LogP contribution is -2.40. The standard InChI is InChI=1S/C10H17N3O2/c1-3-13-6-9(5-12-13)4-11-7-10(2,15)8-14/h3,5-6,11,14-15H,1,4,7-8H2,2H3. The summed E-state index contributed by atoms with van der Waals surface area (Å²) in [6.45, 7) is 5.84. The second kappa shape index (κ2) is 5.06. The fourth-order valence-electron chi connectivity index (χ4n) is 1.10. The number of aliphatic hydroxyl groups excluding tert-OH is 1. The van der Waals surface area contributed by atoms with Crippen LogP contribution in [0.4, 0.5) is 0 Å². The normalized spacial score (nSPS) is 14.9. The SMILES string of the molecule is C=Cn1cc(CNCC(C)(O)CO)cn1. The van der Waals surface area contributed by atoms with Crippen molar-refractivity contribution in [1.82, 2.24) is 15.1 Å². The third-order valence-electron chi connectivity index (χ3n) is 2.02. The number of rotatable bonds is 6. The zero-order valence-corrected chi connectivity index (χ0v) is 8.85. The van der Waals surface area contributed by atoms with Crippen LogP contribution < -0.4 is 5.32 Å². The molecule has 0 saturated carbocycles. The van der Waals surface area contributed by atoms with Crippen LogP contribution in [0.1, 0.15) is 12.5 Å². The Kier molecular flexibility index (Phi) is 4.02. The summed E-state index contributed by atoms with van der Waals surface area (Å²) in [4.78, 5) is 0. The van der Waals surface area contributed by atoms with Crippen molar-refractivity contribution in [3.63, 3.8) is 0 Å². The number of nitrogens with zero attached hydrogens (tertiary/aromatic N) is 2. The molecule has 1 atom stereocenters. The monoisotopic (exact) mass is 211 g/mol. The first-order valence-electron chi connectivity index (χ1n) is 4.77. The number of hydrogen-bond acceptors (Lipinski definition) is 4. The van der Waals surface area contributed by atoms with E-state index in [1.165, 1.54) is 0 Å². The highest BCUT2D eigenvalue weighted by Gasteiger charge is 2.17. The molecule has 3 N–H and O–H groups in total. The van der Waals surface area contributed by atoms with E-state index < -0.39 is 5.60 Å². The molecule has 0 spiro atoms. The van der Waals surface area contributed by atoms with Gasteiger partial charge < -0.3 is 15.5 Å². The minimum Gasteiger partial charge on any atom is -0.393 e. The Labute approximate surface area is 89.0 Å². The number of aromatic nitrogens is 2. The molecule has 0 aliphatic rings. The molecule has 84 valence electrons. The van der Waals surface area contributed by atoms with Gasteiger partial charge in [-0.25, -0.2) is 4.68 Å². The van der Waals surface area contributed by atoms with Crippen LogP contribution in [0.3, 0.4) is 0 Å². The predicted molar refractivity (Wildman–Crippen MR) is 58.0 cm³/mol. The van der Waals surface area contributed by atoms with Crippen molar-refractivity contribution in [2.75, 3.05) is 13.2 Å². The molecule has 0 aliphatic carbocycles. The molecule has 0 aliphatic heterocycles. The minimum absolute atomic E-state index is 0.258. The van der Waals surface area contributed by atoms with Gasteiger partial charge >= 0.3 is 0 Å². The van der Waals surface area contributed by atoms with Gasteiger partial charge in [-0.2, -0.15) is 5.10 Å². The number of aliphatic hydroxyl groups is 2. The van der Waals surface area contributed by atoms with Crippen LogP contribution in [0.15, 0.2) is 19.0 Å². The van der Waals surface area contributed by atoms with Crippen LogP contribution >= 0.6 is 0 Å². The predicted octanol–water partition coefficient (Wildman–Crippen LogP) is -0.184. The molecule has 0 aromatic carbocycles. The van der Waals surface area contributed by atoms with E-state index in [1.54, 1.807) is 24.0 Å². The van der Waals surface area contributed by atoms with Crippen LogP contribution in [0.2, 0.25) is 0 Å². The van der Waals surface area contributed by atoms with Gasteiger partial charge in [0.1, 0.15) is 0 Å². The van der Waals surface area contributed by atoms with Gasteiger partial charge in [-0.05, 0) is 6.92 Å². The molecule has 1 unspecified atom stereocenters. The van der Waals surface area contributed by atoms with Crippen LogP contribution in [0.25, 0.3) is 6.20 Å². The van der Waals surface area contributed by atoms with Gasteiger partial charge in [0.2, 0.25) is 0 Å². The average molecular weight is 211 g/mol. The summed E-state index contributed by atoms with van der Waals surface area (Å²) < 4.78 is 1.61. The van der Waals surface area contributed by atoms with Crippen molar-refractivity contribution in [1.29, 1.82) is 0 Å². The third kappa shape index (κ3) is 3.83. The van der Waals surface area contributed by atoms with E-state index in [0.717, 1.165) is 5.56 Å². The van der Waals surface area contributed by atoms with Crippen molar-refractivity contribution in [3.8, 4) is 0 Å². The molecule has 1 rings (SSSR count). The van der Waals surface area contributed by atoms with E-state index in [2.05, 4.69) is 17.0 Å². The highest BCUT2D eigenvalue weighted by atomic mass is 16.3. The van der Waals surface area contributed by atoms with Crippen LogP contribution in [-0.2, 0) is 6.54 Å². The third-order valence-corrected chi connectivity index (χ3v) is 2.02. The Balaban J connectivity index is 2.34. The fraction of sp³-hybridized carbons (Fsp3) is 0.500. The second-order valence-corrected chi connectivity index (χ2v) is 3.77. The van der Waals surface area contributed by atoms with Crippen LogP contribution in [0.5, 0.6) is 0 Å². The van der Waals surface area contributed by atoms with Gasteiger partial charge in [0.05, 0.1) is 18.4 Å². The molecular weight excluding hydrogens is 194 g/mol. The lowest BCUT2D eigenvalue weighted by Gasteiger charge is -2.20. The molecule has 15 heavy (non-hydrogen) atoms. The first kappa shape index (κ1) is 11.9. The quantitative estimate of drug-likeness (QED) is 0.610. The van der Waals surface area contributed by atoms with Crippen molar-refractivity contribution in [2.24, 2.45) is 0 Å². The summed E-state index contributed by atoms with van der Waals surface area (Å²) in [6.07, 6.45) is 5.17. The molecule has 1 aromatic heterocycles. The van der Waals surface area contributed by atoms with E-state index in [4.69, 9.17) is 5.11 Å². The van der Waals surface area contributed by atoms with Gasteiger partial charge in [0, 0.05) is 31.0 Å². The van der Waals surface area contributed by atoms with Crippen LogP contribution in [-0.4, -0.2) is 38.7 Å². The van der Waals surface area contributed by atoms with E-state index in [-0.39, 0.29) is 6.61 Å². The van der Waals surface area contributed by atoms with Crippen molar-refractivity contribution >= 4 is 6.20 Å². The second-order valence-electron chi connectivity index (χ2n) is 3.77. The summed E-state index contributed by atoms with van der Waals surface area (Å²) in [5, 5.41) is 25.4. The molecule has 0 fully saturated rings. The van der Waals surface area contributed by atoms with E-state index in [9.17, 15) is 5.11 Å². The summed E-state index contributed by atoms with van der Waals surface area (Å²) >= 11 is 0. The molecule has 0 amide bonds. The lowest BCUT2D eigenvalue weighted by molar-refractivity contribution is 0.00254. The molecule has 1 aromatic rings. The maximum Gasteiger partial charge on any atom is 0.0972 e. The Morgan fingerprint density at radius 3 is 3.00 bits per heavy atom. The zero-order chi connectivity index (χ0) is 11.3. The Hall–Kier alpha value is -1.17. The lowest BCUT2D eigenvalue weighted by atomic mass is 10.1. The zero-order valence-electron chi connectivity index (χ0n) is 8.85. The van der Waals surface area contributed by atoms with Gasteiger partial charge in [-0.1, -0.05) is 6.58 Å². The maximum absolute atomic E-state index is 9.50. The maximum atomic E-state index is 9.50. The van der Waals surface area contributed by atoms with Crippen molar-refractivity contribution in [3.05, 3.63) is 24.5 Å². The molecule has 5 heteroatoms. The molecule has 1 heterocycles. The first-order valence-corrected chi connectivity index (χ1v) is 4.77. The van der Waals surface area contributed by atoms with Gasteiger partial charge in [-0.15, -0.1) is 0 Å². The van der Waals surface area contributed by atoms with Crippen LogP contribution in [0, 0.1) is 0 Å². The molecule has 0 saturated heterocycles. The van der Waals surface area contributed by atoms with E-state index in [0.29, 0.717) is 13.1 Å². The van der Waals surface area contributed by atoms with Crippen molar-refractivity contribution < 1.29 is 10.2 Å². The fourth-order valence-corrected chi connectivity index (χ4v) is 1.10. The van der Waals surface area contributed by atoms with Crippen molar-refractivity contribution in [2.45, 2.75) is 19.1 Å². The Morgan fingerprint density at radius 1 is 1.73 bits per heavy atom. The molecule has 5 nitrogen and oxygen atoms in total.